The van der Waals surface area contributed by atoms with E-state index in [0.29, 0.717) is 43.1 Å². The highest BCUT2D eigenvalue weighted by Crippen LogP contribution is 2.50. The number of allylic oxidation sites excluding steroid dienone is 4. The van der Waals surface area contributed by atoms with Gasteiger partial charge in [0, 0.05) is 73.7 Å². The molecule has 0 radical (unpaired) electrons. The summed E-state index contributed by atoms with van der Waals surface area (Å²) in [7, 11) is 3.23. The number of Topliss-reactive ketones (excluding diaryl/α,β-unsaturated/α-hetero) is 2. The Kier molecular flexibility index (Phi) is 8.30. The number of methoxy groups -OCH3 is 2. The first-order valence-electron chi connectivity index (χ1n) is 13.8. The average molecular weight is 547 g/mol. The van der Waals surface area contributed by atoms with Crippen LogP contribution in [0.5, 0.6) is 11.5 Å². The van der Waals surface area contributed by atoms with Gasteiger partial charge in [-0.05, 0) is 55.4 Å². The van der Waals surface area contributed by atoms with Gasteiger partial charge in [0.15, 0.2) is 23.1 Å². The van der Waals surface area contributed by atoms with Crippen LogP contribution < -0.4 is 9.47 Å². The molecule has 0 fully saturated rings. The minimum absolute atomic E-state index is 0.000526. The van der Waals surface area contributed by atoms with Crippen LogP contribution in [0.1, 0.15) is 62.0 Å². The van der Waals surface area contributed by atoms with Gasteiger partial charge < -0.3 is 19.1 Å². The molecule has 0 saturated carbocycles. The molecule has 2 aromatic rings. The summed E-state index contributed by atoms with van der Waals surface area (Å²) in [6, 6.07) is 11.8. The van der Waals surface area contributed by atoms with Gasteiger partial charge in [0.2, 0.25) is 0 Å². The third-order valence-corrected chi connectivity index (χ3v) is 7.85. The van der Waals surface area contributed by atoms with Gasteiger partial charge in [0.25, 0.3) is 5.69 Å². The molecule has 0 atom stereocenters. The lowest BCUT2D eigenvalue weighted by molar-refractivity contribution is -0.384. The van der Waals surface area contributed by atoms with Gasteiger partial charge in [-0.2, -0.15) is 0 Å². The molecule has 0 saturated heterocycles. The minimum Gasteiger partial charge on any atom is -0.493 e. The Morgan fingerprint density at radius 1 is 0.925 bits per heavy atom. The molecule has 9 heteroatoms. The summed E-state index contributed by atoms with van der Waals surface area (Å²) in [5.74, 6) is 0.698. The number of nitrogens with zero attached hydrogens (tertiary/aromatic N) is 2. The molecule has 0 spiro atoms. The molecular weight excluding hydrogens is 512 g/mol. The largest absolute Gasteiger partial charge is 0.493 e. The molecule has 5 rings (SSSR count). The first-order chi connectivity index (χ1) is 19.4. The zero-order valence-electron chi connectivity index (χ0n) is 22.9. The average Bonchev–Trinajstić information content (AvgIpc) is 2.96. The molecule has 3 aliphatic rings. The van der Waals surface area contributed by atoms with Crippen LogP contribution in [0.4, 0.5) is 5.69 Å². The van der Waals surface area contributed by atoms with Crippen molar-refractivity contribution in [1.82, 2.24) is 4.90 Å². The Bertz CT molecular complexity index is 1350. The summed E-state index contributed by atoms with van der Waals surface area (Å²) < 4.78 is 17.0. The number of hydrogen-bond donors (Lipinski definition) is 0. The van der Waals surface area contributed by atoms with Crippen LogP contribution in [-0.4, -0.2) is 48.8 Å². The lowest BCUT2D eigenvalue weighted by Gasteiger charge is -2.44. The summed E-state index contributed by atoms with van der Waals surface area (Å²) in [5, 5.41) is 11.1. The molecule has 9 nitrogen and oxygen atoms in total. The fraction of sp³-hybridized carbons (Fsp3) is 0.419. The standard InChI is InChI=1S/C31H34N2O7/c1-38-16-6-15-32-23-9-4-11-25(34)30(23)29(31-24(32)10-5-12-26(31)35)21-13-14-27(28(18-21)39-2)40-19-20-7-3-8-22(17-20)33(36)37/h3,7-8,13-14,17-18,29H,4-6,9-12,15-16,19H2,1-2H3. The summed E-state index contributed by atoms with van der Waals surface area (Å²) >= 11 is 0. The number of carbonyl (C=O) groups is 2. The molecule has 0 amide bonds. The highest BCUT2D eigenvalue weighted by molar-refractivity contribution is 6.06. The fourth-order valence-corrected chi connectivity index (χ4v) is 6.09. The predicted octanol–water partition coefficient (Wildman–Crippen LogP) is 5.63. The number of hydrogen-bond acceptors (Lipinski definition) is 8. The van der Waals surface area contributed by atoms with E-state index in [2.05, 4.69) is 4.90 Å². The van der Waals surface area contributed by atoms with Gasteiger partial charge >= 0.3 is 0 Å². The van der Waals surface area contributed by atoms with Crippen molar-refractivity contribution in [3.63, 3.8) is 0 Å². The van der Waals surface area contributed by atoms with E-state index >= 15 is 0 Å². The van der Waals surface area contributed by atoms with Crippen molar-refractivity contribution in [3.05, 3.63) is 86.2 Å². The molecule has 210 valence electrons. The number of nitro groups is 1. The van der Waals surface area contributed by atoms with Crippen molar-refractivity contribution in [3.8, 4) is 11.5 Å². The lowest BCUT2D eigenvalue weighted by Crippen LogP contribution is -2.39. The van der Waals surface area contributed by atoms with Gasteiger partial charge in [-0.25, -0.2) is 0 Å². The van der Waals surface area contributed by atoms with E-state index in [4.69, 9.17) is 14.2 Å². The normalized spacial score (nSPS) is 17.6. The second kappa shape index (κ2) is 12.0. The summed E-state index contributed by atoms with van der Waals surface area (Å²) in [4.78, 5) is 39.9. The first kappa shape index (κ1) is 27.6. The van der Waals surface area contributed by atoms with E-state index in [1.54, 1.807) is 32.4 Å². The van der Waals surface area contributed by atoms with Crippen LogP contribution in [0.2, 0.25) is 0 Å². The van der Waals surface area contributed by atoms with Crippen LogP contribution in [0.15, 0.2) is 65.0 Å². The van der Waals surface area contributed by atoms with E-state index in [1.807, 2.05) is 12.1 Å². The third kappa shape index (κ3) is 5.38. The molecule has 0 unspecified atom stereocenters. The third-order valence-electron chi connectivity index (χ3n) is 7.85. The van der Waals surface area contributed by atoms with Crippen molar-refractivity contribution < 1.29 is 28.7 Å². The first-order valence-corrected chi connectivity index (χ1v) is 13.8. The highest BCUT2D eigenvalue weighted by atomic mass is 16.6. The molecule has 1 heterocycles. The van der Waals surface area contributed by atoms with Gasteiger partial charge in [0.1, 0.15) is 6.61 Å². The topological polar surface area (TPSA) is 108 Å². The van der Waals surface area contributed by atoms with Crippen molar-refractivity contribution in [2.24, 2.45) is 0 Å². The van der Waals surface area contributed by atoms with Crippen LogP contribution >= 0.6 is 0 Å². The zero-order valence-corrected chi connectivity index (χ0v) is 22.9. The Morgan fingerprint density at radius 3 is 2.25 bits per heavy atom. The molecule has 2 aliphatic carbocycles. The van der Waals surface area contributed by atoms with Crippen LogP contribution in [0.3, 0.4) is 0 Å². The number of benzene rings is 2. The van der Waals surface area contributed by atoms with E-state index in [1.165, 1.54) is 12.1 Å². The van der Waals surface area contributed by atoms with Gasteiger partial charge in [-0.1, -0.05) is 18.2 Å². The van der Waals surface area contributed by atoms with E-state index in [9.17, 15) is 19.7 Å². The molecule has 0 bridgehead atoms. The van der Waals surface area contributed by atoms with Gasteiger partial charge in [0.05, 0.1) is 12.0 Å². The maximum Gasteiger partial charge on any atom is 0.269 e. The fourth-order valence-electron chi connectivity index (χ4n) is 6.09. The highest BCUT2D eigenvalue weighted by Gasteiger charge is 2.43. The van der Waals surface area contributed by atoms with Crippen LogP contribution in [0.25, 0.3) is 0 Å². The van der Waals surface area contributed by atoms with Crippen molar-refractivity contribution in [2.75, 3.05) is 27.4 Å². The maximum atomic E-state index is 13.5. The van der Waals surface area contributed by atoms with Gasteiger partial charge in [-0.15, -0.1) is 0 Å². The van der Waals surface area contributed by atoms with Crippen LogP contribution in [0, 0.1) is 10.1 Å². The van der Waals surface area contributed by atoms with Gasteiger partial charge in [-0.3, -0.25) is 19.7 Å². The van der Waals surface area contributed by atoms with Crippen molar-refractivity contribution >= 4 is 17.3 Å². The zero-order chi connectivity index (χ0) is 28.2. The number of non-ortho nitro benzene ring substituents is 1. The van der Waals surface area contributed by atoms with Crippen LogP contribution in [-0.2, 0) is 20.9 Å². The molecule has 0 aromatic heterocycles. The SMILES string of the molecule is COCCCN1C2=C(C(=O)CCC2)C(c2ccc(OCc3cccc([N+](=O)[O-])c3)c(OC)c2)C2=C1CCCC2=O. The summed E-state index contributed by atoms with van der Waals surface area (Å²) in [5.41, 5.74) is 5.01. The second-order valence-corrected chi connectivity index (χ2v) is 10.3. The number of ketones is 2. The molecular formula is C31H34N2O7. The van der Waals surface area contributed by atoms with E-state index in [0.717, 1.165) is 60.2 Å². The number of rotatable bonds is 10. The van der Waals surface area contributed by atoms with Crippen molar-refractivity contribution in [1.29, 1.82) is 0 Å². The smallest absolute Gasteiger partial charge is 0.269 e. The minimum atomic E-state index is -0.441. The lowest BCUT2D eigenvalue weighted by atomic mass is 9.71. The quantitative estimate of drug-likeness (QED) is 0.214. The number of nitro benzene ring substituents is 1. The van der Waals surface area contributed by atoms with E-state index < -0.39 is 10.8 Å². The Hall–Kier alpha value is -3.98. The molecule has 1 aliphatic heterocycles. The summed E-state index contributed by atoms with van der Waals surface area (Å²) in [6.07, 6.45) is 4.96. The molecule has 2 aromatic carbocycles. The Morgan fingerprint density at radius 2 is 1.62 bits per heavy atom. The predicted molar refractivity (Wildman–Crippen MR) is 148 cm³/mol. The Balaban J connectivity index is 1.51. The number of ether oxygens (including phenoxy) is 3. The molecule has 40 heavy (non-hydrogen) atoms. The molecule has 0 N–H and O–H groups in total. The van der Waals surface area contributed by atoms with E-state index in [-0.39, 0.29) is 23.9 Å². The monoisotopic (exact) mass is 546 g/mol. The number of carbonyl (C=O) groups excluding carboxylic acids is 2. The summed E-state index contributed by atoms with van der Waals surface area (Å²) in [6.45, 7) is 1.45. The maximum absolute atomic E-state index is 13.5. The van der Waals surface area contributed by atoms with Crippen molar-refractivity contribution in [2.45, 2.75) is 57.5 Å². The Labute approximate surface area is 233 Å². The second-order valence-electron chi connectivity index (χ2n) is 10.3.